The Labute approximate surface area is 116 Å². The van der Waals surface area contributed by atoms with E-state index in [2.05, 4.69) is 35.1 Å². The van der Waals surface area contributed by atoms with Crippen molar-refractivity contribution in [3.8, 4) is 0 Å². The van der Waals surface area contributed by atoms with Crippen LogP contribution in [0.15, 0.2) is 22.7 Å². The average molecular weight is 316 g/mol. The number of rotatable bonds is 3. The fraction of sp³-hybridized carbons (Fsp3) is 0.571. The molecular formula is C14H19BrFNO. The normalized spacial score (nSPS) is 26.0. The number of nitrogens with one attached hydrogen (secondary N) is 1. The first-order chi connectivity index (χ1) is 8.56. The van der Waals surface area contributed by atoms with Crippen LogP contribution < -0.4 is 5.32 Å². The minimum absolute atomic E-state index is 0.204. The molecule has 0 bridgehead atoms. The van der Waals surface area contributed by atoms with Gasteiger partial charge in [-0.25, -0.2) is 4.39 Å². The van der Waals surface area contributed by atoms with Gasteiger partial charge >= 0.3 is 0 Å². The molecule has 1 N–H and O–H groups in total. The highest BCUT2D eigenvalue weighted by Gasteiger charge is 2.21. The maximum Gasteiger partial charge on any atom is 0.124 e. The predicted molar refractivity (Wildman–Crippen MR) is 74.1 cm³/mol. The third kappa shape index (κ3) is 3.53. The van der Waals surface area contributed by atoms with E-state index in [9.17, 15) is 4.39 Å². The highest BCUT2D eigenvalue weighted by atomic mass is 79.9. The molecule has 1 aromatic rings. The Balaban J connectivity index is 2.00. The zero-order valence-corrected chi connectivity index (χ0v) is 12.3. The molecule has 2 nitrogen and oxygen atoms in total. The van der Waals surface area contributed by atoms with Gasteiger partial charge in [-0.2, -0.15) is 0 Å². The second-order valence-electron chi connectivity index (χ2n) is 4.96. The zero-order valence-electron chi connectivity index (χ0n) is 10.7. The molecule has 1 aromatic carbocycles. The van der Waals surface area contributed by atoms with Gasteiger partial charge in [0.1, 0.15) is 5.82 Å². The zero-order chi connectivity index (χ0) is 13.1. The van der Waals surface area contributed by atoms with Crippen molar-refractivity contribution >= 4 is 15.9 Å². The molecule has 0 spiro atoms. The summed E-state index contributed by atoms with van der Waals surface area (Å²) in [5, 5.41) is 3.59. The second kappa shape index (κ2) is 6.13. The lowest BCUT2D eigenvalue weighted by molar-refractivity contribution is 0.0116. The molecule has 3 unspecified atom stereocenters. The molecule has 0 radical (unpaired) electrons. The highest BCUT2D eigenvalue weighted by Crippen LogP contribution is 2.26. The molecule has 2 rings (SSSR count). The summed E-state index contributed by atoms with van der Waals surface area (Å²) in [7, 11) is 0. The fourth-order valence-corrected chi connectivity index (χ4v) is 3.14. The van der Waals surface area contributed by atoms with Crippen molar-refractivity contribution in [1.29, 1.82) is 0 Å². The van der Waals surface area contributed by atoms with E-state index in [1.807, 2.05) is 6.07 Å². The number of ether oxygens (including phenoxy) is 1. The van der Waals surface area contributed by atoms with Gasteiger partial charge in [-0.05, 0) is 44.4 Å². The number of halogens is 2. The van der Waals surface area contributed by atoms with Gasteiger partial charge in [0.2, 0.25) is 0 Å². The Morgan fingerprint density at radius 1 is 1.50 bits per heavy atom. The van der Waals surface area contributed by atoms with Gasteiger partial charge < -0.3 is 10.1 Å². The van der Waals surface area contributed by atoms with Gasteiger partial charge in [0.15, 0.2) is 0 Å². The molecule has 1 aliphatic heterocycles. The summed E-state index contributed by atoms with van der Waals surface area (Å²) < 4.78 is 19.4. The van der Waals surface area contributed by atoms with Crippen LogP contribution in [0.4, 0.5) is 4.39 Å². The van der Waals surface area contributed by atoms with Crippen molar-refractivity contribution in [2.24, 2.45) is 0 Å². The minimum Gasteiger partial charge on any atom is -0.378 e. The lowest BCUT2D eigenvalue weighted by Gasteiger charge is -2.30. The average Bonchev–Trinajstić information content (AvgIpc) is 2.28. The topological polar surface area (TPSA) is 21.3 Å². The van der Waals surface area contributed by atoms with Gasteiger partial charge in [0.05, 0.1) is 6.10 Å². The van der Waals surface area contributed by atoms with Crippen molar-refractivity contribution in [3.63, 3.8) is 0 Å². The highest BCUT2D eigenvalue weighted by molar-refractivity contribution is 9.10. The third-order valence-electron chi connectivity index (χ3n) is 3.40. The van der Waals surface area contributed by atoms with E-state index in [0.717, 1.165) is 29.5 Å². The van der Waals surface area contributed by atoms with Crippen molar-refractivity contribution in [3.05, 3.63) is 34.1 Å². The molecule has 0 amide bonds. The molecular weight excluding hydrogens is 297 g/mol. The maximum absolute atomic E-state index is 13.1. The van der Waals surface area contributed by atoms with Crippen molar-refractivity contribution in [2.75, 3.05) is 6.61 Å². The molecule has 3 atom stereocenters. The molecule has 100 valence electrons. The Kier molecular flexibility index (Phi) is 4.76. The first-order valence-corrected chi connectivity index (χ1v) is 7.18. The van der Waals surface area contributed by atoms with Crippen LogP contribution in [-0.2, 0) is 4.74 Å². The summed E-state index contributed by atoms with van der Waals surface area (Å²) in [5.41, 5.74) is 1.09. The van der Waals surface area contributed by atoms with E-state index < -0.39 is 0 Å². The van der Waals surface area contributed by atoms with E-state index >= 15 is 0 Å². The molecule has 0 aliphatic carbocycles. The molecule has 1 heterocycles. The lowest BCUT2D eigenvalue weighted by atomic mass is 10.0. The maximum atomic E-state index is 13.1. The van der Waals surface area contributed by atoms with Gasteiger partial charge in [0, 0.05) is 23.2 Å². The first-order valence-electron chi connectivity index (χ1n) is 6.39. The Morgan fingerprint density at radius 2 is 2.28 bits per heavy atom. The monoisotopic (exact) mass is 315 g/mol. The van der Waals surface area contributed by atoms with Crippen LogP contribution >= 0.6 is 15.9 Å². The van der Waals surface area contributed by atoms with Gasteiger partial charge in [-0.1, -0.05) is 22.0 Å². The quantitative estimate of drug-likeness (QED) is 0.916. The minimum atomic E-state index is -0.211. The number of hydrogen-bond acceptors (Lipinski definition) is 2. The SMILES string of the molecule is CC1CC(NC(C)c2ccc(F)cc2Br)CCO1. The first kappa shape index (κ1) is 14.0. The third-order valence-corrected chi connectivity index (χ3v) is 4.09. The van der Waals surface area contributed by atoms with Crippen LogP contribution in [0.3, 0.4) is 0 Å². The molecule has 18 heavy (non-hydrogen) atoms. The molecule has 4 heteroatoms. The molecule has 1 fully saturated rings. The standard InChI is InChI=1S/C14H19BrFNO/c1-9-7-12(5-6-18-9)17-10(2)13-4-3-11(16)8-14(13)15/h3-4,8-10,12,17H,5-7H2,1-2H3. The Bertz CT molecular complexity index is 413. The van der Waals surface area contributed by atoms with E-state index in [-0.39, 0.29) is 11.9 Å². The van der Waals surface area contributed by atoms with Gasteiger partial charge in [-0.15, -0.1) is 0 Å². The molecule has 1 aliphatic rings. The van der Waals surface area contributed by atoms with Crippen molar-refractivity contribution in [1.82, 2.24) is 5.32 Å². The summed E-state index contributed by atoms with van der Waals surface area (Å²) in [4.78, 5) is 0. The smallest absolute Gasteiger partial charge is 0.124 e. The summed E-state index contributed by atoms with van der Waals surface area (Å²) in [6.07, 6.45) is 2.39. The van der Waals surface area contributed by atoms with Crippen LogP contribution in [0, 0.1) is 5.82 Å². The van der Waals surface area contributed by atoms with E-state index in [4.69, 9.17) is 4.74 Å². The van der Waals surface area contributed by atoms with Crippen LogP contribution in [0.25, 0.3) is 0 Å². The van der Waals surface area contributed by atoms with Crippen LogP contribution in [0.5, 0.6) is 0 Å². The van der Waals surface area contributed by atoms with Crippen LogP contribution in [-0.4, -0.2) is 18.8 Å². The second-order valence-corrected chi connectivity index (χ2v) is 5.81. The molecule has 1 saturated heterocycles. The van der Waals surface area contributed by atoms with E-state index in [1.54, 1.807) is 0 Å². The van der Waals surface area contributed by atoms with E-state index in [1.165, 1.54) is 12.1 Å². The van der Waals surface area contributed by atoms with Crippen LogP contribution in [0.1, 0.15) is 38.3 Å². The van der Waals surface area contributed by atoms with Gasteiger partial charge in [-0.3, -0.25) is 0 Å². The van der Waals surface area contributed by atoms with Crippen molar-refractivity contribution in [2.45, 2.75) is 44.9 Å². The molecule has 0 saturated carbocycles. The number of hydrogen-bond donors (Lipinski definition) is 1. The lowest BCUT2D eigenvalue weighted by Crippen LogP contribution is -2.39. The number of benzene rings is 1. The summed E-state index contributed by atoms with van der Waals surface area (Å²) in [5.74, 6) is -0.211. The van der Waals surface area contributed by atoms with Gasteiger partial charge in [0.25, 0.3) is 0 Å². The van der Waals surface area contributed by atoms with E-state index in [0.29, 0.717) is 12.1 Å². The summed E-state index contributed by atoms with van der Waals surface area (Å²) >= 11 is 3.42. The summed E-state index contributed by atoms with van der Waals surface area (Å²) in [6.45, 7) is 5.03. The predicted octanol–water partition coefficient (Wildman–Crippen LogP) is 3.81. The largest absolute Gasteiger partial charge is 0.378 e. The Morgan fingerprint density at radius 3 is 2.94 bits per heavy atom. The van der Waals surface area contributed by atoms with Crippen LogP contribution in [0.2, 0.25) is 0 Å². The summed E-state index contributed by atoms with van der Waals surface area (Å²) in [6, 6.07) is 5.53. The fourth-order valence-electron chi connectivity index (χ4n) is 2.45. The molecule has 0 aromatic heterocycles. The van der Waals surface area contributed by atoms with Crippen molar-refractivity contribution < 1.29 is 9.13 Å². The Hall–Kier alpha value is -0.450.